The van der Waals surface area contributed by atoms with Crippen LogP contribution in [0.25, 0.3) is 0 Å². The summed E-state index contributed by atoms with van der Waals surface area (Å²) in [5.41, 5.74) is 1.71. The van der Waals surface area contributed by atoms with E-state index in [0.717, 1.165) is 62.6 Å². The van der Waals surface area contributed by atoms with Crippen LogP contribution in [0.5, 0.6) is 0 Å². The second-order valence-corrected chi connectivity index (χ2v) is 9.61. The smallest absolute Gasteiger partial charge is 0.322 e. The van der Waals surface area contributed by atoms with Gasteiger partial charge in [-0.05, 0) is 82.3 Å². The van der Waals surface area contributed by atoms with Gasteiger partial charge in [0.1, 0.15) is 0 Å². The van der Waals surface area contributed by atoms with Crippen LogP contribution in [0.2, 0.25) is 5.02 Å². The molecule has 7 heteroatoms. The van der Waals surface area contributed by atoms with Gasteiger partial charge in [-0.25, -0.2) is 4.79 Å². The van der Waals surface area contributed by atoms with E-state index in [2.05, 4.69) is 17.1 Å². The highest BCUT2D eigenvalue weighted by molar-refractivity contribution is 6.31. The number of hydrogen-bond donors (Lipinski definition) is 1. The molecule has 6 nitrogen and oxygen atoms in total. The van der Waals surface area contributed by atoms with Crippen molar-refractivity contribution in [3.05, 3.63) is 28.8 Å². The number of hydrogen-bond acceptors (Lipinski definition) is 3. The Kier molecular flexibility index (Phi) is 8.61. The second kappa shape index (κ2) is 11.2. The summed E-state index contributed by atoms with van der Waals surface area (Å²) in [6, 6.07) is 5.70. The molecule has 2 aliphatic heterocycles. The zero-order valence-corrected chi connectivity index (χ0v) is 20.0. The molecule has 0 unspecified atom stereocenters. The summed E-state index contributed by atoms with van der Waals surface area (Å²) in [7, 11) is 0. The molecule has 3 amide bonds. The highest BCUT2D eigenvalue weighted by Gasteiger charge is 2.29. The van der Waals surface area contributed by atoms with Crippen molar-refractivity contribution in [1.82, 2.24) is 14.7 Å². The Balaban J connectivity index is 1.61. The molecule has 0 saturated carbocycles. The van der Waals surface area contributed by atoms with Gasteiger partial charge in [0.15, 0.2) is 0 Å². The molecule has 31 heavy (non-hydrogen) atoms. The monoisotopic (exact) mass is 448 g/mol. The average Bonchev–Trinajstić information content (AvgIpc) is 2.75. The summed E-state index contributed by atoms with van der Waals surface area (Å²) in [5.74, 6) is 0.939. The predicted octanol–water partition coefficient (Wildman–Crippen LogP) is 4.62. The second-order valence-electron chi connectivity index (χ2n) is 9.20. The molecule has 0 aromatic heterocycles. The van der Waals surface area contributed by atoms with Crippen LogP contribution in [0, 0.1) is 12.8 Å². The van der Waals surface area contributed by atoms with Crippen molar-refractivity contribution in [2.75, 3.05) is 44.6 Å². The lowest BCUT2D eigenvalue weighted by molar-refractivity contribution is -0.130. The number of amides is 3. The minimum Gasteiger partial charge on any atom is -0.343 e. The number of rotatable bonds is 6. The van der Waals surface area contributed by atoms with E-state index >= 15 is 0 Å². The van der Waals surface area contributed by atoms with Crippen LogP contribution in [0.4, 0.5) is 10.5 Å². The van der Waals surface area contributed by atoms with E-state index in [4.69, 9.17) is 11.6 Å². The third-order valence-corrected chi connectivity index (χ3v) is 7.19. The van der Waals surface area contributed by atoms with Gasteiger partial charge in [-0.15, -0.1) is 0 Å². The largest absolute Gasteiger partial charge is 0.343 e. The van der Waals surface area contributed by atoms with Gasteiger partial charge in [0.25, 0.3) is 0 Å². The van der Waals surface area contributed by atoms with Crippen molar-refractivity contribution in [1.29, 1.82) is 0 Å². The summed E-state index contributed by atoms with van der Waals surface area (Å²) in [6.45, 7) is 11.4. The third kappa shape index (κ3) is 6.84. The Bertz CT molecular complexity index is 756. The summed E-state index contributed by atoms with van der Waals surface area (Å²) in [4.78, 5) is 31.3. The highest BCUT2D eigenvalue weighted by atomic mass is 35.5. The van der Waals surface area contributed by atoms with Gasteiger partial charge in [-0.3, -0.25) is 4.79 Å². The van der Waals surface area contributed by atoms with E-state index in [1.165, 1.54) is 12.8 Å². The Hall–Kier alpha value is -1.79. The summed E-state index contributed by atoms with van der Waals surface area (Å²) < 4.78 is 0. The fraction of sp³-hybridized carbons (Fsp3) is 0.667. The molecular formula is C24H37ClN4O2. The van der Waals surface area contributed by atoms with Crippen molar-refractivity contribution in [2.24, 2.45) is 5.92 Å². The van der Waals surface area contributed by atoms with Crippen molar-refractivity contribution in [2.45, 2.75) is 58.9 Å². The number of aryl methyl sites for hydroxylation is 1. The first-order valence-electron chi connectivity index (χ1n) is 11.6. The standard InChI is InChI=1S/C24H37ClN4O2/c1-18-7-13-27(14-8-18)11-4-12-29(22-9-15-28(16-10-22)20(3)30)24(31)26-21-6-5-19(2)23(25)17-21/h5-6,17-18,22H,4,7-16H2,1-3H3,(H,26,31). The number of likely N-dealkylation sites (tertiary alicyclic amines) is 2. The number of carbonyl (C=O) groups excluding carboxylic acids is 2. The zero-order valence-electron chi connectivity index (χ0n) is 19.2. The average molecular weight is 449 g/mol. The minimum atomic E-state index is -0.0755. The Morgan fingerprint density at radius 3 is 2.42 bits per heavy atom. The number of halogens is 1. The van der Waals surface area contributed by atoms with Gasteiger partial charge in [-0.1, -0.05) is 24.6 Å². The molecule has 2 heterocycles. The summed E-state index contributed by atoms with van der Waals surface area (Å²) in [6.07, 6.45) is 5.14. The Morgan fingerprint density at radius 2 is 1.81 bits per heavy atom. The van der Waals surface area contributed by atoms with Crippen LogP contribution in [-0.4, -0.2) is 71.9 Å². The van der Waals surface area contributed by atoms with Crippen molar-refractivity contribution in [3.8, 4) is 0 Å². The Labute approximate surface area is 191 Å². The van der Waals surface area contributed by atoms with E-state index in [1.54, 1.807) is 13.0 Å². The summed E-state index contributed by atoms with van der Waals surface area (Å²) in [5, 5.41) is 3.70. The molecule has 0 radical (unpaired) electrons. The first-order chi connectivity index (χ1) is 14.8. The van der Waals surface area contributed by atoms with Crippen LogP contribution in [0.3, 0.4) is 0 Å². The van der Waals surface area contributed by atoms with Crippen molar-refractivity contribution in [3.63, 3.8) is 0 Å². The van der Waals surface area contributed by atoms with Gasteiger partial charge >= 0.3 is 6.03 Å². The molecule has 0 atom stereocenters. The number of anilines is 1. The van der Waals surface area contributed by atoms with Gasteiger partial charge in [0, 0.05) is 43.3 Å². The third-order valence-electron chi connectivity index (χ3n) is 6.78. The molecule has 172 valence electrons. The van der Waals surface area contributed by atoms with E-state index < -0.39 is 0 Å². The van der Waals surface area contributed by atoms with E-state index in [-0.39, 0.29) is 18.0 Å². The normalized spacial score (nSPS) is 18.8. The lowest BCUT2D eigenvalue weighted by Gasteiger charge is -2.39. The van der Waals surface area contributed by atoms with Gasteiger partial charge < -0.3 is 20.0 Å². The van der Waals surface area contributed by atoms with Crippen LogP contribution in [-0.2, 0) is 4.79 Å². The van der Waals surface area contributed by atoms with Gasteiger partial charge in [-0.2, -0.15) is 0 Å². The van der Waals surface area contributed by atoms with Gasteiger partial charge in [0.2, 0.25) is 5.91 Å². The number of carbonyl (C=O) groups is 2. The van der Waals surface area contributed by atoms with E-state index in [9.17, 15) is 9.59 Å². The fourth-order valence-corrected chi connectivity index (χ4v) is 4.74. The molecule has 2 saturated heterocycles. The molecular weight excluding hydrogens is 412 g/mol. The molecule has 2 aliphatic rings. The van der Waals surface area contributed by atoms with Crippen molar-refractivity contribution >= 4 is 29.2 Å². The molecule has 3 rings (SSSR count). The van der Waals surface area contributed by atoms with E-state index in [1.807, 2.05) is 28.9 Å². The Morgan fingerprint density at radius 1 is 1.13 bits per heavy atom. The highest BCUT2D eigenvalue weighted by Crippen LogP contribution is 2.23. The van der Waals surface area contributed by atoms with Gasteiger partial charge in [0.05, 0.1) is 0 Å². The predicted molar refractivity (Wildman–Crippen MR) is 127 cm³/mol. The number of piperidine rings is 2. The van der Waals surface area contributed by atoms with Crippen molar-refractivity contribution < 1.29 is 9.59 Å². The van der Waals surface area contributed by atoms with Crippen LogP contribution < -0.4 is 5.32 Å². The number of nitrogens with zero attached hydrogens (tertiary/aromatic N) is 3. The number of urea groups is 1. The van der Waals surface area contributed by atoms with E-state index in [0.29, 0.717) is 18.1 Å². The molecule has 1 aromatic carbocycles. The molecule has 0 spiro atoms. The molecule has 1 N–H and O–H groups in total. The SMILES string of the molecule is CC(=O)N1CCC(N(CCCN2CCC(C)CC2)C(=O)Nc2ccc(C)c(Cl)c2)CC1. The van der Waals surface area contributed by atoms with Crippen LogP contribution in [0.1, 0.15) is 51.5 Å². The van der Waals surface area contributed by atoms with Crippen LogP contribution in [0.15, 0.2) is 18.2 Å². The lowest BCUT2D eigenvalue weighted by atomic mass is 9.99. The lowest BCUT2D eigenvalue weighted by Crippen LogP contribution is -2.50. The maximum atomic E-state index is 13.2. The molecule has 0 aliphatic carbocycles. The maximum Gasteiger partial charge on any atom is 0.322 e. The first kappa shape index (κ1) is 23.9. The number of nitrogens with one attached hydrogen (secondary N) is 1. The zero-order chi connectivity index (χ0) is 22.4. The molecule has 2 fully saturated rings. The topological polar surface area (TPSA) is 55.9 Å². The summed E-state index contributed by atoms with van der Waals surface area (Å²) >= 11 is 6.24. The quantitative estimate of drug-likeness (QED) is 0.691. The fourth-order valence-electron chi connectivity index (χ4n) is 4.56. The first-order valence-corrected chi connectivity index (χ1v) is 12.0. The minimum absolute atomic E-state index is 0.0755. The molecule has 0 bridgehead atoms. The molecule has 1 aromatic rings. The van der Waals surface area contributed by atoms with Crippen LogP contribution >= 0.6 is 11.6 Å². The maximum absolute atomic E-state index is 13.2. The number of benzene rings is 1.